The Labute approximate surface area is 154 Å². The van der Waals surface area contributed by atoms with Crippen molar-refractivity contribution in [3.8, 4) is 0 Å². The van der Waals surface area contributed by atoms with E-state index >= 15 is 0 Å². The van der Waals surface area contributed by atoms with E-state index in [4.69, 9.17) is 0 Å². The zero-order valence-corrected chi connectivity index (χ0v) is 14.7. The van der Waals surface area contributed by atoms with Gasteiger partial charge in [-0.15, -0.1) is 0 Å². The summed E-state index contributed by atoms with van der Waals surface area (Å²) in [6, 6.07) is 11.7. The maximum atomic E-state index is 12.9. The number of nitrogens with zero attached hydrogens (tertiary/aromatic N) is 1. The molecule has 142 valence electrons. The van der Waals surface area contributed by atoms with Gasteiger partial charge in [0.05, 0.1) is 11.8 Å². The smallest absolute Gasteiger partial charge is 0.318 e. The van der Waals surface area contributed by atoms with Crippen molar-refractivity contribution in [1.29, 1.82) is 0 Å². The number of amides is 2. The molecule has 0 spiro atoms. The van der Waals surface area contributed by atoms with E-state index in [1.165, 1.54) is 18.2 Å². The van der Waals surface area contributed by atoms with Gasteiger partial charge in [-0.2, -0.15) is 18.3 Å². The number of benzene rings is 2. The monoisotopic (exact) mass is 377 g/mol. The maximum Gasteiger partial charge on any atom is 0.417 e. The lowest BCUT2D eigenvalue weighted by Gasteiger charge is -2.09. The van der Waals surface area contributed by atoms with Gasteiger partial charge in [-0.1, -0.05) is 44.2 Å². The molecular formula is C19H18F3N3O2. The molecule has 0 unspecified atom stereocenters. The Hall–Kier alpha value is -3.16. The average molecular weight is 377 g/mol. The Morgan fingerprint density at radius 2 is 1.63 bits per heavy atom. The van der Waals surface area contributed by atoms with Crippen molar-refractivity contribution in [3.63, 3.8) is 0 Å². The van der Waals surface area contributed by atoms with Crippen molar-refractivity contribution in [1.82, 2.24) is 5.43 Å². The summed E-state index contributed by atoms with van der Waals surface area (Å²) >= 11 is 0. The molecule has 2 N–H and O–H groups in total. The van der Waals surface area contributed by atoms with Crippen LogP contribution in [0.15, 0.2) is 53.6 Å². The number of alkyl halides is 3. The molecule has 27 heavy (non-hydrogen) atoms. The summed E-state index contributed by atoms with van der Waals surface area (Å²) < 4.78 is 38.6. The van der Waals surface area contributed by atoms with Crippen molar-refractivity contribution in [2.45, 2.75) is 25.9 Å². The molecule has 0 aliphatic heterocycles. The Morgan fingerprint density at radius 1 is 1.00 bits per heavy atom. The summed E-state index contributed by atoms with van der Waals surface area (Å²) in [6.07, 6.45) is -3.71. The maximum absolute atomic E-state index is 12.9. The van der Waals surface area contributed by atoms with Crippen LogP contribution in [0.1, 0.15) is 36.5 Å². The number of anilines is 1. The summed E-state index contributed by atoms with van der Waals surface area (Å²) in [5.74, 6) is -1.75. The minimum atomic E-state index is -4.55. The highest BCUT2D eigenvalue weighted by molar-refractivity contribution is 6.39. The molecule has 2 aromatic rings. The van der Waals surface area contributed by atoms with Crippen molar-refractivity contribution in [2.75, 3.05) is 5.32 Å². The molecule has 0 radical (unpaired) electrons. The molecule has 5 nitrogen and oxygen atoms in total. The first kappa shape index (κ1) is 20.2. The van der Waals surface area contributed by atoms with E-state index in [-0.39, 0.29) is 5.56 Å². The Kier molecular flexibility index (Phi) is 6.33. The second-order valence-corrected chi connectivity index (χ2v) is 6.01. The predicted octanol–water partition coefficient (Wildman–Crippen LogP) is 3.92. The molecule has 8 heteroatoms. The van der Waals surface area contributed by atoms with Gasteiger partial charge in [0.15, 0.2) is 0 Å². The number of hydrogen-bond donors (Lipinski definition) is 2. The Balaban J connectivity index is 1.97. The van der Waals surface area contributed by atoms with Crippen LogP contribution in [0, 0.1) is 0 Å². The molecule has 0 fully saturated rings. The molecule has 0 aliphatic rings. The number of nitrogens with one attached hydrogen (secondary N) is 2. The molecule has 0 saturated heterocycles. The normalized spacial score (nSPS) is 11.6. The third-order valence-electron chi connectivity index (χ3n) is 3.68. The molecule has 2 aromatic carbocycles. The molecular weight excluding hydrogens is 359 g/mol. The van der Waals surface area contributed by atoms with E-state index < -0.39 is 23.6 Å². The number of carbonyl (C=O) groups excluding carboxylic acids is 2. The van der Waals surface area contributed by atoms with Gasteiger partial charge in [-0.3, -0.25) is 9.59 Å². The zero-order valence-electron chi connectivity index (χ0n) is 14.7. The number of hydrazone groups is 1. The van der Waals surface area contributed by atoms with E-state index in [9.17, 15) is 22.8 Å². The molecule has 0 bridgehead atoms. The largest absolute Gasteiger partial charge is 0.417 e. The summed E-state index contributed by atoms with van der Waals surface area (Å²) in [5, 5.41) is 5.82. The highest BCUT2D eigenvalue weighted by Crippen LogP contribution is 2.31. The minimum absolute atomic E-state index is 0.227. The third-order valence-corrected chi connectivity index (χ3v) is 3.68. The molecule has 0 heterocycles. The van der Waals surface area contributed by atoms with Gasteiger partial charge >= 0.3 is 18.0 Å². The van der Waals surface area contributed by atoms with Crippen LogP contribution >= 0.6 is 0 Å². The van der Waals surface area contributed by atoms with Crippen molar-refractivity contribution in [2.24, 2.45) is 5.10 Å². The average Bonchev–Trinajstić information content (AvgIpc) is 2.61. The van der Waals surface area contributed by atoms with Crippen LogP contribution in [0.25, 0.3) is 0 Å². The summed E-state index contributed by atoms with van der Waals surface area (Å²) in [7, 11) is 0. The fourth-order valence-electron chi connectivity index (χ4n) is 2.22. The first-order valence-corrected chi connectivity index (χ1v) is 8.09. The summed E-state index contributed by atoms with van der Waals surface area (Å²) in [4.78, 5) is 23.6. The lowest BCUT2D eigenvalue weighted by Crippen LogP contribution is -2.32. The van der Waals surface area contributed by atoms with E-state index in [1.807, 2.05) is 31.4 Å². The second kappa shape index (κ2) is 8.48. The van der Waals surface area contributed by atoms with E-state index in [1.54, 1.807) is 12.1 Å². The molecule has 0 aliphatic carbocycles. The third kappa shape index (κ3) is 5.67. The Bertz CT molecular complexity index is 844. The van der Waals surface area contributed by atoms with Crippen LogP contribution < -0.4 is 10.7 Å². The SMILES string of the molecule is CC(C)c1ccc(NC(=O)C(=O)N/N=C\c2ccccc2C(F)(F)F)cc1. The van der Waals surface area contributed by atoms with Crippen molar-refractivity contribution in [3.05, 3.63) is 65.2 Å². The Morgan fingerprint density at radius 3 is 2.22 bits per heavy atom. The van der Waals surface area contributed by atoms with Gasteiger partial charge in [0.2, 0.25) is 0 Å². The van der Waals surface area contributed by atoms with Crippen LogP contribution in [-0.4, -0.2) is 18.0 Å². The van der Waals surface area contributed by atoms with Crippen molar-refractivity contribution < 1.29 is 22.8 Å². The number of rotatable bonds is 4. The zero-order chi connectivity index (χ0) is 20.0. The van der Waals surface area contributed by atoms with Crippen LogP contribution in [0.4, 0.5) is 18.9 Å². The van der Waals surface area contributed by atoms with Crippen LogP contribution in [0.5, 0.6) is 0 Å². The van der Waals surface area contributed by atoms with Crippen LogP contribution in [0.3, 0.4) is 0 Å². The highest BCUT2D eigenvalue weighted by atomic mass is 19.4. The predicted molar refractivity (Wildman–Crippen MR) is 96.3 cm³/mol. The van der Waals surface area contributed by atoms with Gasteiger partial charge in [-0.25, -0.2) is 5.43 Å². The van der Waals surface area contributed by atoms with E-state index in [0.29, 0.717) is 11.6 Å². The standard InChI is InChI=1S/C19H18F3N3O2/c1-12(2)13-7-9-15(10-8-13)24-17(26)18(27)25-23-11-14-5-3-4-6-16(14)19(20,21)22/h3-12H,1-2H3,(H,24,26)(H,25,27)/b23-11-. The fraction of sp³-hybridized carbons (Fsp3) is 0.211. The number of carbonyl (C=O) groups is 2. The second-order valence-electron chi connectivity index (χ2n) is 6.01. The topological polar surface area (TPSA) is 70.6 Å². The molecule has 0 atom stereocenters. The highest BCUT2D eigenvalue weighted by Gasteiger charge is 2.32. The van der Waals surface area contributed by atoms with Crippen LogP contribution in [-0.2, 0) is 15.8 Å². The summed E-state index contributed by atoms with van der Waals surface area (Å²) in [6.45, 7) is 4.05. The molecule has 0 saturated carbocycles. The lowest BCUT2D eigenvalue weighted by atomic mass is 10.0. The first-order valence-electron chi connectivity index (χ1n) is 8.09. The number of hydrogen-bond acceptors (Lipinski definition) is 3. The minimum Gasteiger partial charge on any atom is -0.318 e. The van der Waals surface area contributed by atoms with E-state index in [0.717, 1.165) is 17.8 Å². The number of halogens is 3. The molecule has 2 amide bonds. The van der Waals surface area contributed by atoms with E-state index in [2.05, 4.69) is 10.4 Å². The quantitative estimate of drug-likeness (QED) is 0.482. The van der Waals surface area contributed by atoms with Crippen LogP contribution in [0.2, 0.25) is 0 Å². The molecule has 0 aromatic heterocycles. The van der Waals surface area contributed by atoms with Gasteiger partial charge in [0.25, 0.3) is 0 Å². The lowest BCUT2D eigenvalue weighted by molar-refractivity contribution is -0.137. The fourth-order valence-corrected chi connectivity index (χ4v) is 2.22. The molecule has 2 rings (SSSR count). The van der Waals surface area contributed by atoms with Gasteiger partial charge in [0.1, 0.15) is 0 Å². The van der Waals surface area contributed by atoms with Gasteiger partial charge < -0.3 is 5.32 Å². The summed E-state index contributed by atoms with van der Waals surface area (Å²) in [5.41, 5.74) is 2.29. The first-order chi connectivity index (χ1) is 12.7. The van der Waals surface area contributed by atoms with Gasteiger partial charge in [-0.05, 0) is 29.7 Å². The van der Waals surface area contributed by atoms with Gasteiger partial charge in [0, 0.05) is 11.3 Å². The van der Waals surface area contributed by atoms with Crippen molar-refractivity contribution >= 4 is 23.7 Å².